The fourth-order valence-electron chi connectivity index (χ4n) is 5.13. The van der Waals surface area contributed by atoms with Crippen molar-refractivity contribution in [1.29, 1.82) is 0 Å². The van der Waals surface area contributed by atoms with Crippen molar-refractivity contribution in [2.45, 2.75) is 58.0 Å². The second kappa shape index (κ2) is 9.15. The number of rotatable bonds is 7. The highest BCUT2D eigenvalue weighted by Crippen LogP contribution is 2.52. The Morgan fingerprint density at radius 2 is 1.72 bits per heavy atom. The van der Waals surface area contributed by atoms with Crippen molar-refractivity contribution in [3.63, 3.8) is 0 Å². The van der Waals surface area contributed by atoms with Crippen LogP contribution < -0.4 is 4.90 Å². The summed E-state index contributed by atoms with van der Waals surface area (Å²) in [4.78, 5) is 41.3. The van der Waals surface area contributed by atoms with Crippen molar-refractivity contribution >= 4 is 23.5 Å². The fourth-order valence-corrected chi connectivity index (χ4v) is 5.13. The largest absolute Gasteiger partial charge is 0.481 e. The Morgan fingerprint density at radius 1 is 1.00 bits per heavy atom. The molecule has 0 radical (unpaired) electrons. The van der Waals surface area contributed by atoms with Gasteiger partial charge >= 0.3 is 5.97 Å². The molecule has 2 amide bonds. The van der Waals surface area contributed by atoms with E-state index in [1.807, 2.05) is 65.3 Å². The summed E-state index contributed by atoms with van der Waals surface area (Å²) in [5.41, 5.74) is 3.69. The molecule has 1 heterocycles. The number of carboxylic acid groups (broad SMARTS) is 1. The third kappa shape index (κ3) is 3.90. The zero-order valence-corrected chi connectivity index (χ0v) is 18.7. The van der Waals surface area contributed by atoms with E-state index >= 15 is 0 Å². The predicted octanol–water partition coefficient (Wildman–Crippen LogP) is 4.44. The summed E-state index contributed by atoms with van der Waals surface area (Å²) in [6, 6.07) is 15.5. The van der Waals surface area contributed by atoms with Gasteiger partial charge in [-0.05, 0) is 55.5 Å². The molecule has 0 bridgehead atoms. The maximum Gasteiger partial charge on any atom is 0.303 e. The van der Waals surface area contributed by atoms with Crippen LogP contribution in [0, 0.1) is 5.92 Å². The van der Waals surface area contributed by atoms with E-state index in [0.717, 1.165) is 30.5 Å². The van der Waals surface area contributed by atoms with E-state index < -0.39 is 5.97 Å². The van der Waals surface area contributed by atoms with Crippen molar-refractivity contribution in [1.82, 2.24) is 4.90 Å². The van der Waals surface area contributed by atoms with Crippen LogP contribution in [0.3, 0.4) is 0 Å². The molecule has 4 rings (SSSR count). The first kappa shape index (κ1) is 22.1. The second-order valence-corrected chi connectivity index (χ2v) is 8.61. The minimum absolute atomic E-state index is 0.00601. The number of carbonyl (C=O) groups excluding carboxylic acids is 2. The molecule has 2 aromatic rings. The zero-order valence-electron chi connectivity index (χ0n) is 18.7. The van der Waals surface area contributed by atoms with Gasteiger partial charge in [0.25, 0.3) is 5.91 Å². The molecule has 2 aliphatic rings. The number of carbonyl (C=O) groups is 3. The molecular weight excluding hydrogens is 404 g/mol. The van der Waals surface area contributed by atoms with Crippen molar-refractivity contribution in [3.05, 3.63) is 65.2 Å². The first-order valence-electron chi connectivity index (χ1n) is 11.5. The van der Waals surface area contributed by atoms with Gasteiger partial charge in [-0.2, -0.15) is 0 Å². The maximum absolute atomic E-state index is 13.6. The molecule has 6 nitrogen and oxygen atoms in total. The van der Waals surface area contributed by atoms with E-state index in [0.29, 0.717) is 12.1 Å². The Hall–Kier alpha value is -3.15. The molecule has 1 fully saturated rings. The fraction of sp³-hybridized carbons (Fsp3) is 0.423. The van der Waals surface area contributed by atoms with E-state index in [-0.39, 0.29) is 42.7 Å². The van der Waals surface area contributed by atoms with Crippen molar-refractivity contribution in [3.8, 4) is 0 Å². The lowest BCUT2D eigenvalue weighted by atomic mass is 9.67. The molecule has 6 heteroatoms. The minimum Gasteiger partial charge on any atom is -0.481 e. The molecule has 1 aliphatic heterocycles. The highest BCUT2D eigenvalue weighted by molar-refractivity contribution is 6.07. The average Bonchev–Trinajstić information content (AvgIpc) is 2.79. The molecule has 1 N–H and O–H groups in total. The summed E-state index contributed by atoms with van der Waals surface area (Å²) < 4.78 is 0. The molecule has 0 spiro atoms. The standard InChI is InChI=1S/C26H30N2O4/c1-3-17-9-11-18(12-10-17)26(32)28-21-8-6-5-7-19(21)25(20-13-14-22(20)28)27(4-2)23(29)15-16-24(30)31/h5-12,20,22,25H,3-4,13-16H2,1-2H3,(H,30,31)/t20-,22+,25-/m0/s1. The van der Waals surface area contributed by atoms with Gasteiger partial charge in [-0.25, -0.2) is 0 Å². The van der Waals surface area contributed by atoms with Crippen LogP contribution in [-0.4, -0.2) is 40.4 Å². The summed E-state index contributed by atoms with van der Waals surface area (Å²) >= 11 is 0. The minimum atomic E-state index is -0.967. The first-order chi connectivity index (χ1) is 15.5. The first-order valence-corrected chi connectivity index (χ1v) is 11.5. The van der Waals surface area contributed by atoms with Gasteiger partial charge in [-0.3, -0.25) is 14.4 Å². The van der Waals surface area contributed by atoms with E-state index in [9.17, 15) is 14.4 Å². The monoisotopic (exact) mass is 434 g/mol. The summed E-state index contributed by atoms with van der Waals surface area (Å²) in [5, 5.41) is 9.01. The number of fused-ring (bicyclic) bond motifs is 2. The topological polar surface area (TPSA) is 77.9 Å². The molecule has 32 heavy (non-hydrogen) atoms. The van der Waals surface area contributed by atoms with Crippen LogP contribution >= 0.6 is 0 Å². The maximum atomic E-state index is 13.6. The van der Waals surface area contributed by atoms with Crippen LogP contribution in [0.1, 0.15) is 67.1 Å². The molecule has 1 aliphatic carbocycles. The Labute approximate surface area is 188 Å². The van der Waals surface area contributed by atoms with Crippen LogP contribution in [-0.2, 0) is 16.0 Å². The number of amides is 2. The summed E-state index contributed by atoms with van der Waals surface area (Å²) in [7, 11) is 0. The van der Waals surface area contributed by atoms with E-state index in [4.69, 9.17) is 5.11 Å². The Morgan fingerprint density at radius 3 is 2.31 bits per heavy atom. The normalized spacial score (nSPS) is 21.2. The van der Waals surface area contributed by atoms with Gasteiger partial charge < -0.3 is 14.9 Å². The third-order valence-corrected chi connectivity index (χ3v) is 6.92. The number of hydrogen-bond acceptors (Lipinski definition) is 3. The van der Waals surface area contributed by atoms with Crippen LogP contribution in [0.2, 0.25) is 0 Å². The van der Waals surface area contributed by atoms with Crippen LogP contribution in [0.25, 0.3) is 0 Å². The van der Waals surface area contributed by atoms with Gasteiger partial charge in [-0.15, -0.1) is 0 Å². The lowest BCUT2D eigenvalue weighted by molar-refractivity contribution is -0.142. The number of aliphatic carboxylic acids is 1. The van der Waals surface area contributed by atoms with Gasteiger partial charge in [0.1, 0.15) is 0 Å². The van der Waals surface area contributed by atoms with Crippen LogP contribution in [0.5, 0.6) is 0 Å². The molecule has 3 atom stereocenters. The SMILES string of the molecule is CCc1ccc(C(=O)N2c3ccccc3[C@H](N(CC)C(=O)CCC(=O)O)[C@H]3CC[C@H]32)cc1. The van der Waals surface area contributed by atoms with Gasteiger partial charge in [0.2, 0.25) is 5.91 Å². The Kier molecular flexibility index (Phi) is 6.31. The summed E-state index contributed by atoms with van der Waals surface area (Å²) in [6.07, 6.45) is 2.58. The molecule has 1 saturated carbocycles. The van der Waals surface area contributed by atoms with E-state index in [1.54, 1.807) is 0 Å². The molecule has 2 aromatic carbocycles. The van der Waals surface area contributed by atoms with E-state index in [1.165, 1.54) is 5.56 Å². The number of carboxylic acids is 1. The highest BCUT2D eigenvalue weighted by atomic mass is 16.4. The molecule has 168 valence electrons. The molecule has 0 saturated heterocycles. The third-order valence-electron chi connectivity index (χ3n) is 6.92. The van der Waals surface area contributed by atoms with Gasteiger partial charge in [0.15, 0.2) is 0 Å². The van der Waals surface area contributed by atoms with Crippen molar-refractivity contribution in [2.75, 3.05) is 11.4 Å². The summed E-state index contributed by atoms with van der Waals surface area (Å²) in [5.74, 6) is -0.966. The van der Waals surface area contributed by atoms with Crippen molar-refractivity contribution < 1.29 is 19.5 Å². The lowest BCUT2D eigenvalue weighted by Gasteiger charge is -2.55. The number of para-hydroxylation sites is 1. The quantitative estimate of drug-likeness (QED) is 0.699. The number of nitrogens with zero attached hydrogens (tertiary/aromatic N) is 2. The van der Waals surface area contributed by atoms with Crippen molar-refractivity contribution in [2.24, 2.45) is 5.92 Å². The average molecular weight is 435 g/mol. The second-order valence-electron chi connectivity index (χ2n) is 8.61. The lowest BCUT2D eigenvalue weighted by Crippen LogP contribution is -2.58. The molecule has 0 unspecified atom stereocenters. The smallest absolute Gasteiger partial charge is 0.303 e. The summed E-state index contributed by atoms with van der Waals surface area (Å²) in [6.45, 7) is 4.53. The molecular formula is C26H30N2O4. The van der Waals surface area contributed by atoms with Gasteiger partial charge in [0.05, 0.1) is 12.5 Å². The highest BCUT2D eigenvalue weighted by Gasteiger charge is 2.50. The zero-order chi connectivity index (χ0) is 22.8. The Bertz CT molecular complexity index is 1020. The number of benzene rings is 2. The predicted molar refractivity (Wildman–Crippen MR) is 123 cm³/mol. The van der Waals surface area contributed by atoms with Gasteiger partial charge in [-0.1, -0.05) is 37.3 Å². The number of hydrogen-bond donors (Lipinski definition) is 1. The van der Waals surface area contributed by atoms with Crippen LogP contribution in [0.4, 0.5) is 5.69 Å². The molecule has 0 aromatic heterocycles. The van der Waals surface area contributed by atoms with Crippen LogP contribution in [0.15, 0.2) is 48.5 Å². The van der Waals surface area contributed by atoms with E-state index in [2.05, 4.69) is 6.92 Å². The Balaban J connectivity index is 1.69. The number of anilines is 1. The number of aryl methyl sites for hydroxylation is 1. The van der Waals surface area contributed by atoms with Gasteiger partial charge in [0, 0.05) is 36.2 Å².